The molecule has 2 saturated heterocycles. The van der Waals surface area contributed by atoms with E-state index in [1.165, 1.54) is 12.8 Å². The van der Waals surface area contributed by atoms with Gasteiger partial charge in [-0.05, 0) is 56.3 Å². The van der Waals surface area contributed by atoms with Crippen LogP contribution in [0, 0.1) is 11.8 Å². The number of rotatable bonds is 4. The Bertz CT molecular complexity index is 599. The Morgan fingerprint density at radius 1 is 1.08 bits per heavy atom. The van der Waals surface area contributed by atoms with E-state index in [-0.39, 0.29) is 11.8 Å². The Morgan fingerprint density at radius 3 is 2.54 bits per heavy atom. The minimum absolute atomic E-state index is 0.0709. The second-order valence-corrected chi connectivity index (χ2v) is 7.68. The van der Waals surface area contributed by atoms with Crippen molar-refractivity contribution in [2.75, 3.05) is 39.3 Å². The highest BCUT2D eigenvalue weighted by Crippen LogP contribution is 2.23. The molecule has 1 aromatic carbocycles. The van der Waals surface area contributed by atoms with Gasteiger partial charge in [0, 0.05) is 38.2 Å². The number of nitrogens with zero attached hydrogens (tertiary/aromatic N) is 2. The molecule has 0 bridgehead atoms. The van der Waals surface area contributed by atoms with Gasteiger partial charge in [-0.1, -0.05) is 25.1 Å². The van der Waals surface area contributed by atoms with Crippen LogP contribution in [0.5, 0.6) is 0 Å². The Balaban J connectivity index is 1.51. The minimum atomic E-state index is 0.0709. The van der Waals surface area contributed by atoms with Crippen LogP contribution in [0.3, 0.4) is 0 Å². The third kappa shape index (κ3) is 4.85. The molecular formula is C21H31N3O2. The smallest absolute Gasteiger partial charge is 0.253 e. The molecule has 0 aliphatic carbocycles. The average molecular weight is 357 g/mol. The van der Waals surface area contributed by atoms with Gasteiger partial charge in [0.05, 0.1) is 0 Å². The molecule has 0 spiro atoms. The van der Waals surface area contributed by atoms with Crippen molar-refractivity contribution in [3.63, 3.8) is 0 Å². The lowest BCUT2D eigenvalue weighted by atomic mass is 9.85. The summed E-state index contributed by atoms with van der Waals surface area (Å²) in [6.07, 6.45) is 3.91. The van der Waals surface area contributed by atoms with Crippen molar-refractivity contribution < 1.29 is 9.59 Å². The van der Waals surface area contributed by atoms with Crippen LogP contribution in [0.15, 0.2) is 30.3 Å². The quantitative estimate of drug-likeness (QED) is 0.900. The van der Waals surface area contributed by atoms with Crippen LogP contribution in [0.1, 0.15) is 43.0 Å². The van der Waals surface area contributed by atoms with Gasteiger partial charge < -0.3 is 15.1 Å². The largest absolute Gasteiger partial charge is 0.341 e. The van der Waals surface area contributed by atoms with E-state index in [1.807, 2.05) is 40.1 Å². The Hall–Kier alpha value is -1.88. The van der Waals surface area contributed by atoms with Gasteiger partial charge in [0.15, 0.2) is 0 Å². The second kappa shape index (κ2) is 9.17. The monoisotopic (exact) mass is 357 g/mol. The standard InChI is InChI=1S/C21H31N3O2/c1-17(19-9-5-10-22-16-19)15-20(25)23-11-6-12-24(14-13-23)21(26)18-7-3-2-4-8-18/h2-4,7-8,17,19,22H,5-6,9-16H2,1H3. The van der Waals surface area contributed by atoms with Crippen LogP contribution in [0.4, 0.5) is 0 Å². The fourth-order valence-corrected chi connectivity index (χ4v) is 4.07. The highest BCUT2D eigenvalue weighted by Gasteiger charge is 2.26. The van der Waals surface area contributed by atoms with Gasteiger partial charge in [-0.25, -0.2) is 0 Å². The van der Waals surface area contributed by atoms with Crippen molar-refractivity contribution in [1.29, 1.82) is 0 Å². The molecule has 3 rings (SSSR count). The van der Waals surface area contributed by atoms with Gasteiger partial charge >= 0.3 is 0 Å². The molecule has 5 nitrogen and oxygen atoms in total. The van der Waals surface area contributed by atoms with E-state index >= 15 is 0 Å². The molecule has 0 aromatic heterocycles. The van der Waals surface area contributed by atoms with Crippen LogP contribution >= 0.6 is 0 Å². The van der Waals surface area contributed by atoms with Crippen molar-refractivity contribution in [3.05, 3.63) is 35.9 Å². The SMILES string of the molecule is CC(CC(=O)N1CCCN(C(=O)c2ccccc2)CC1)C1CCCNC1. The molecule has 26 heavy (non-hydrogen) atoms. The molecule has 142 valence electrons. The molecule has 5 heteroatoms. The molecule has 2 atom stereocenters. The van der Waals surface area contributed by atoms with Gasteiger partial charge in [0.25, 0.3) is 5.91 Å². The zero-order valence-electron chi connectivity index (χ0n) is 15.8. The molecule has 2 amide bonds. The predicted octanol–water partition coefficient (Wildman–Crippen LogP) is 2.39. The summed E-state index contributed by atoms with van der Waals surface area (Å²) in [6.45, 7) is 7.10. The third-order valence-corrected chi connectivity index (χ3v) is 5.79. The molecule has 2 aliphatic rings. The van der Waals surface area contributed by atoms with Crippen molar-refractivity contribution in [3.8, 4) is 0 Å². The summed E-state index contributed by atoms with van der Waals surface area (Å²) in [5.41, 5.74) is 0.727. The molecule has 2 fully saturated rings. The van der Waals surface area contributed by atoms with Crippen LogP contribution < -0.4 is 5.32 Å². The van der Waals surface area contributed by atoms with Crippen molar-refractivity contribution in [2.24, 2.45) is 11.8 Å². The number of hydrogen-bond acceptors (Lipinski definition) is 3. The topological polar surface area (TPSA) is 52.7 Å². The molecular weight excluding hydrogens is 326 g/mol. The summed E-state index contributed by atoms with van der Waals surface area (Å²) in [4.78, 5) is 29.2. The normalized spacial score (nSPS) is 22.6. The number of carbonyl (C=O) groups is 2. The maximum absolute atomic E-state index is 12.8. The summed E-state index contributed by atoms with van der Waals surface area (Å²) in [7, 11) is 0. The predicted molar refractivity (Wildman–Crippen MR) is 103 cm³/mol. The fraction of sp³-hybridized carbons (Fsp3) is 0.619. The Kier molecular flexibility index (Phi) is 6.67. The number of nitrogens with one attached hydrogen (secondary N) is 1. The zero-order valence-corrected chi connectivity index (χ0v) is 15.8. The Labute approximate surface area is 156 Å². The lowest BCUT2D eigenvalue weighted by Crippen LogP contribution is -2.39. The summed E-state index contributed by atoms with van der Waals surface area (Å²) < 4.78 is 0. The van der Waals surface area contributed by atoms with Crippen LogP contribution in [0.2, 0.25) is 0 Å². The van der Waals surface area contributed by atoms with E-state index in [0.717, 1.165) is 38.2 Å². The van der Waals surface area contributed by atoms with E-state index in [2.05, 4.69) is 12.2 Å². The third-order valence-electron chi connectivity index (χ3n) is 5.79. The van der Waals surface area contributed by atoms with Crippen molar-refractivity contribution in [1.82, 2.24) is 15.1 Å². The molecule has 0 radical (unpaired) electrons. The maximum Gasteiger partial charge on any atom is 0.253 e. The number of piperidine rings is 1. The van der Waals surface area contributed by atoms with Gasteiger partial charge in [-0.2, -0.15) is 0 Å². The van der Waals surface area contributed by atoms with Gasteiger partial charge in [0.1, 0.15) is 0 Å². The van der Waals surface area contributed by atoms with E-state index in [0.29, 0.717) is 31.3 Å². The molecule has 2 aliphatic heterocycles. The number of benzene rings is 1. The van der Waals surface area contributed by atoms with Crippen LogP contribution in [-0.2, 0) is 4.79 Å². The number of carbonyl (C=O) groups excluding carboxylic acids is 2. The van der Waals surface area contributed by atoms with Gasteiger partial charge in [0.2, 0.25) is 5.91 Å². The van der Waals surface area contributed by atoms with E-state index in [1.54, 1.807) is 0 Å². The summed E-state index contributed by atoms with van der Waals surface area (Å²) in [5.74, 6) is 1.34. The first kappa shape index (κ1) is 18.9. The fourth-order valence-electron chi connectivity index (χ4n) is 4.07. The maximum atomic E-state index is 12.8. The second-order valence-electron chi connectivity index (χ2n) is 7.68. The first-order chi connectivity index (χ1) is 12.6. The summed E-state index contributed by atoms with van der Waals surface area (Å²) in [5, 5.41) is 3.44. The first-order valence-corrected chi connectivity index (χ1v) is 9.98. The van der Waals surface area contributed by atoms with Gasteiger partial charge in [-0.3, -0.25) is 9.59 Å². The van der Waals surface area contributed by atoms with Crippen molar-refractivity contribution >= 4 is 11.8 Å². The highest BCUT2D eigenvalue weighted by molar-refractivity contribution is 5.94. The molecule has 1 aromatic rings. The van der Waals surface area contributed by atoms with Crippen LogP contribution in [-0.4, -0.2) is 60.9 Å². The first-order valence-electron chi connectivity index (χ1n) is 9.98. The van der Waals surface area contributed by atoms with Gasteiger partial charge in [-0.15, -0.1) is 0 Å². The molecule has 2 unspecified atom stereocenters. The van der Waals surface area contributed by atoms with E-state index < -0.39 is 0 Å². The number of amides is 2. The highest BCUT2D eigenvalue weighted by atomic mass is 16.2. The minimum Gasteiger partial charge on any atom is -0.341 e. The average Bonchev–Trinajstić information content (AvgIpc) is 2.95. The molecule has 2 heterocycles. The molecule has 1 N–H and O–H groups in total. The molecule has 0 saturated carbocycles. The summed E-state index contributed by atoms with van der Waals surface area (Å²) in [6, 6.07) is 9.42. The van der Waals surface area contributed by atoms with Crippen molar-refractivity contribution in [2.45, 2.75) is 32.6 Å². The lowest BCUT2D eigenvalue weighted by molar-refractivity contribution is -0.132. The van der Waals surface area contributed by atoms with Crippen LogP contribution in [0.25, 0.3) is 0 Å². The Morgan fingerprint density at radius 2 is 1.81 bits per heavy atom. The summed E-state index contributed by atoms with van der Waals surface area (Å²) >= 11 is 0. The van der Waals surface area contributed by atoms with E-state index in [4.69, 9.17) is 0 Å². The lowest BCUT2D eigenvalue weighted by Gasteiger charge is -2.30. The zero-order chi connectivity index (χ0) is 18.4. The van der Waals surface area contributed by atoms with E-state index in [9.17, 15) is 9.59 Å². The number of hydrogen-bond donors (Lipinski definition) is 1.